The van der Waals surface area contributed by atoms with Crippen molar-refractivity contribution >= 4 is 41.5 Å². The van der Waals surface area contributed by atoms with Gasteiger partial charge in [0.15, 0.2) is 5.96 Å². The Balaban J connectivity index is 0.00000341. The molecule has 1 aliphatic rings. The molecular weight excluding hydrogens is 525 g/mol. The van der Waals surface area contributed by atoms with E-state index < -0.39 is 0 Å². The van der Waals surface area contributed by atoms with Gasteiger partial charge in [-0.05, 0) is 57.0 Å². The van der Waals surface area contributed by atoms with Crippen molar-refractivity contribution in [3.63, 3.8) is 0 Å². The average Bonchev–Trinajstić information content (AvgIpc) is 3.30. The molecule has 170 valence electrons. The van der Waals surface area contributed by atoms with Gasteiger partial charge in [0, 0.05) is 24.8 Å². The van der Waals surface area contributed by atoms with Crippen molar-refractivity contribution in [2.45, 2.75) is 32.2 Å². The van der Waals surface area contributed by atoms with Crippen LogP contribution in [0.25, 0.3) is 0 Å². The first-order valence-electron chi connectivity index (χ1n) is 10.7. The van der Waals surface area contributed by atoms with Gasteiger partial charge in [-0.2, -0.15) is 0 Å². The third kappa shape index (κ3) is 7.80. The summed E-state index contributed by atoms with van der Waals surface area (Å²) in [5, 5.41) is 7.31. The maximum atomic E-state index is 5.87. The second-order valence-electron chi connectivity index (χ2n) is 7.39. The van der Waals surface area contributed by atoms with E-state index in [0.717, 1.165) is 49.9 Å². The Labute approximate surface area is 207 Å². The van der Waals surface area contributed by atoms with Gasteiger partial charge in [-0.15, -0.1) is 24.0 Å². The SMILES string of the molecule is CCNC(=NCC(c1ccccc1OC)N1CCCC1)NCCc1ccc(Cl)nc1.I. The van der Waals surface area contributed by atoms with Crippen LogP contribution in [-0.4, -0.2) is 55.7 Å². The molecule has 0 radical (unpaired) electrons. The van der Waals surface area contributed by atoms with E-state index in [2.05, 4.69) is 39.6 Å². The molecule has 6 nitrogen and oxygen atoms in total. The van der Waals surface area contributed by atoms with E-state index in [-0.39, 0.29) is 30.0 Å². The van der Waals surface area contributed by atoms with Gasteiger partial charge in [0.25, 0.3) is 0 Å². The number of likely N-dealkylation sites (tertiary alicyclic amines) is 1. The fourth-order valence-electron chi connectivity index (χ4n) is 3.80. The number of nitrogens with zero attached hydrogens (tertiary/aromatic N) is 3. The highest BCUT2D eigenvalue weighted by molar-refractivity contribution is 14.0. The normalized spacial score (nSPS) is 15.3. The number of para-hydroxylation sites is 1. The van der Waals surface area contributed by atoms with E-state index in [1.165, 1.54) is 18.4 Å². The molecule has 0 aliphatic carbocycles. The number of hydrogen-bond acceptors (Lipinski definition) is 4. The van der Waals surface area contributed by atoms with Crippen LogP contribution >= 0.6 is 35.6 Å². The Kier molecular flexibility index (Phi) is 11.4. The van der Waals surface area contributed by atoms with Crippen LogP contribution in [0.2, 0.25) is 5.15 Å². The number of rotatable bonds is 9. The maximum Gasteiger partial charge on any atom is 0.191 e. The zero-order valence-corrected chi connectivity index (χ0v) is 21.4. The van der Waals surface area contributed by atoms with E-state index in [4.69, 9.17) is 21.3 Å². The van der Waals surface area contributed by atoms with Crippen molar-refractivity contribution in [2.24, 2.45) is 4.99 Å². The molecule has 8 heteroatoms. The van der Waals surface area contributed by atoms with Crippen molar-refractivity contribution in [3.05, 3.63) is 58.9 Å². The molecule has 1 saturated heterocycles. The summed E-state index contributed by atoms with van der Waals surface area (Å²) >= 11 is 5.87. The predicted octanol–water partition coefficient (Wildman–Crippen LogP) is 4.30. The fourth-order valence-corrected chi connectivity index (χ4v) is 3.92. The largest absolute Gasteiger partial charge is 0.496 e. The summed E-state index contributed by atoms with van der Waals surface area (Å²) in [6, 6.07) is 12.3. The zero-order chi connectivity index (χ0) is 21.2. The second kappa shape index (κ2) is 13.8. The lowest BCUT2D eigenvalue weighted by atomic mass is 10.0. The Hall–Kier alpha value is -1.58. The first-order valence-corrected chi connectivity index (χ1v) is 11.1. The summed E-state index contributed by atoms with van der Waals surface area (Å²) in [7, 11) is 1.74. The summed E-state index contributed by atoms with van der Waals surface area (Å²) in [4.78, 5) is 11.6. The monoisotopic (exact) mass is 557 g/mol. The molecular formula is C23H33ClIN5O. The number of hydrogen-bond donors (Lipinski definition) is 2. The van der Waals surface area contributed by atoms with Crippen LogP contribution in [0, 0.1) is 0 Å². The van der Waals surface area contributed by atoms with Crippen molar-refractivity contribution in [2.75, 3.05) is 39.8 Å². The van der Waals surface area contributed by atoms with Crippen LogP contribution in [0.4, 0.5) is 0 Å². The lowest BCUT2D eigenvalue weighted by molar-refractivity contribution is 0.245. The Bertz CT molecular complexity index is 812. The van der Waals surface area contributed by atoms with E-state index in [0.29, 0.717) is 11.7 Å². The van der Waals surface area contributed by atoms with E-state index >= 15 is 0 Å². The number of halogens is 2. The van der Waals surface area contributed by atoms with Crippen LogP contribution < -0.4 is 15.4 Å². The second-order valence-corrected chi connectivity index (χ2v) is 7.77. The molecule has 1 atom stereocenters. The van der Waals surface area contributed by atoms with Gasteiger partial charge in [-0.1, -0.05) is 35.9 Å². The highest BCUT2D eigenvalue weighted by Crippen LogP contribution is 2.31. The van der Waals surface area contributed by atoms with Gasteiger partial charge in [0.05, 0.1) is 19.7 Å². The van der Waals surface area contributed by atoms with Crippen LogP contribution in [-0.2, 0) is 6.42 Å². The van der Waals surface area contributed by atoms with E-state index in [1.807, 2.05) is 30.5 Å². The summed E-state index contributed by atoms with van der Waals surface area (Å²) < 4.78 is 5.64. The van der Waals surface area contributed by atoms with Crippen LogP contribution in [0.3, 0.4) is 0 Å². The third-order valence-corrected chi connectivity index (χ3v) is 5.56. The van der Waals surface area contributed by atoms with Gasteiger partial charge in [-0.25, -0.2) is 4.98 Å². The highest BCUT2D eigenvalue weighted by atomic mass is 127. The quantitative estimate of drug-likeness (QED) is 0.208. The van der Waals surface area contributed by atoms with Gasteiger partial charge in [-0.3, -0.25) is 9.89 Å². The topological polar surface area (TPSA) is 61.8 Å². The van der Waals surface area contributed by atoms with E-state index in [1.54, 1.807) is 7.11 Å². The first kappa shape index (κ1) is 25.7. The minimum absolute atomic E-state index is 0. The summed E-state index contributed by atoms with van der Waals surface area (Å²) in [5.74, 6) is 1.76. The summed E-state index contributed by atoms with van der Waals surface area (Å²) in [6.07, 6.45) is 5.15. The number of aliphatic imine (C=N–C) groups is 1. The number of benzene rings is 1. The van der Waals surface area contributed by atoms with Gasteiger partial charge < -0.3 is 15.4 Å². The minimum atomic E-state index is 0. The molecule has 2 aromatic rings. The van der Waals surface area contributed by atoms with E-state index in [9.17, 15) is 0 Å². The molecule has 2 N–H and O–H groups in total. The number of aromatic nitrogens is 1. The number of guanidine groups is 1. The molecule has 1 aromatic carbocycles. The summed E-state index contributed by atoms with van der Waals surface area (Å²) in [6.45, 7) is 6.56. The molecule has 1 unspecified atom stereocenters. The predicted molar refractivity (Wildman–Crippen MR) is 139 cm³/mol. The standard InChI is InChI=1S/C23H32ClN5O.HI/c1-3-25-23(26-13-12-18-10-11-22(24)27-16-18)28-17-20(29-14-6-7-15-29)19-8-4-5-9-21(19)30-2;/h4-5,8-11,16,20H,3,6-7,12-15,17H2,1-2H3,(H2,25,26,28);1H. The van der Waals surface area contributed by atoms with Crippen LogP contribution in [0.1, 0.15) is 36.9 Å². The van der Waals surface area contributed by atoms with Gasteiger partial charge in [0.2, 0.25) is 0 Å². The molecule has 1 fully saturated rings. The minimum Gasteiger partial charge on any atom is -0.496 e. The lowest BCUT2D eigenvalue weighted by Crippen LogP contribution is -2.39. The molecule has 0 spiro atoms. The molecule has 31 heavy (non-hydrogen) atoms. The van der Waals surface area contributed by atoms with Crippen molar-refractivity contribution < 1.29 is 4.74 Å². The third-order valence-electron chi connectivity index (χ3n) is 5.34. The Morgan fingerprint density at radius 1 is 1.19 bits per heavy atom. The molecule has 0 bridgehead atoms. The number of ether oxygens (including phenoxy) is 1. The molecule has 1 aliphatic heterocycles. The number of pyridine rings is 1. The van der Waals surface area contributed by atoms with Crippen LogP contribution in [0.15, 0.2) is 47.6 Å². The number of nitrogens with one attached hydrogen (secondary N) is 2. The Morgan fingerprint density at radius 3 is 2.65 bits per heavy atom. The average molecular weight is 558 g/mol. The summed E-state index contributed by atoms with van der Waals surface area (Å²) in [5.41, 5.74) is 2.35. The maximum absolute atomic E-state index is 5.87. The molecule has 0 saturated carbocycles. The van der Waals surface area contributed by atoms with Crippen LogP contribution in [0.5, 0.6) is 5.75 Å². The number of methoxy groups -OCH3 is 1. The molecule has 1 aromatic heterocycles. The molecule has 3 rings (SSSR count). The van der Waals surface area contributed by atoms with Gasteiger partial charge >= 0.3 is 0 Å². The van der Waals surface area contributed by atoms with Gasteiger partial charge in [0.1, 0.15) is 10.9 Å². The first-order chi connectivity index (χ1) is 14.7. The van der Waals surface area contributed by atoms with Crippen molar-refractivity contribution in [3.8, 4) is 5.75 Å². The molecule has 2 heterocycles. The lowest BCUT2D eigenvalue weighted by Gasteiger charge is -2.28. The van der Waals surface area contributed by atoms with Crippen molar-refractivity contribution in [1.82, 2.24) is 20.5 Å². The molecule has 0 amide bonds. The van der Waals surface area contributed by atoms with Crippen molar-refractivity contribution in [1.29, 1.82) is 0 Å². The zero-order valence-electron chi connectivity index (χ0n) is 18.3. The highest BCUT2D eigenvalue weighted by Gasteiger charge is 2.25. The fraction of sp³-hybridized carbons (Fsp3) is 0.478. The smallest absolute Gasteiger partial charge is 0.191 e. The Morgan fingerprint density at radius 2 is 1.97 bits per heavy atom.